The molecule has 0 aliphatic rings. The van der Waals surface area contributed by atoms with Crippen LogP contribution in [-0.4, -0.2) is 36.7 Å². The van der Waals surface area contributed by atoms with Crippen molar-refractivity contribution in [3.8, 4) is 6.07 Å². The molecule has 7 nitrogen and oxygen atoms in total. The normalized spacial score (nSPS) is 9.95. The van der Waals surface area contributed by atoms with Crippen LogP contribution in [0.1, 0.15) is 6.42 Å². The SMILES string of the molecule is COCCN(CCC#N)c1cc([N+](=O)[O-])cc(Cl)n1. The standard InChI is InChI=1S/C11H13ClN4O3/c1-19-6-5-15(4-2-3-13)11-8-9(16(17)18)7-10(12)14-11/h7-8H,2,4-6H2,1H3. The Morgan fingerprint density at radius 1 is 1.58 bits per heavy atom. The van der Waals surface area contributed by atoms with Gasteiger partial charge in [0.05, 0.1) is 36.2 Å². The zero-order valence-electron chi connectivity index (χ0n) is 10.4. The molecule has 0 N–H and O–H groups in total. The van der Waals surface area contributed by atoms with E-state index in [0.29, 0.717) is 25.5 Å². The molecule has 0 spiro atoms. The average molecular weight is 285 g/mol. The molecule has 0 amide bonds. The molecule has 102 valence electrons. The number of hydrogen-bond acceptors (Lipinski definition) is 6. The summed E-state index contributed by atoms with van der Waals surface area (Å²) in [5.74, 6) is 0.367. The lowest BCUT2D eigenvalue weighted by Crippen LogP contribution is -2.29. The van der Waals surface area contributed by atoms with E-state index in [2.05, 4.69) is 4.98 Å². The fraction of sp³-hybridized carbons (Fsp3) is 0.455. The van der Waals surface area contributed by atoms with E-state index in [-0.39, 0.29) is 17.3 Å². The van der Waals surface area contributed by atoms with Crippen LogP contribution in [0.25, 0.3) is 0 Å². The number of pyridine rings is 1. The minimum absolute atomic E-state index is 0.0450. The van der Waals surface area contributed by atoms with Crippen molar-refractivity contribution in [1.29, 1.82) is 5.26 Å². The van der Waals surface area contributed by atoms with Gasteiger partial charge in [-0.25, -0.2) is 4.98 Å². The largest absolute Gasteiger partial charge is 0.383 e. The quantitative estimate of drug-likeness (QED) is 0.432. The summed E-state index contributed by atoms with van der Waals surface area (Å²) in [6, 6.07) is 4.54. The molecule has 0 radical (unpaired) electrons. The van der Waals surface area contributed by atoms with E-state index in [0.717, 1.165) is 0 Å². The van der Waals surface area contributed by atoms with Crippen LogP contribution >= 0.6 is 11.6 Å². The molecule has 1 rings (SSSR count). The molecule has 0 saturated carbocycles. The molecule has 1 aromatic heterocycles. The Balaban J connectivity index is 2.99. The summed E-state index contributed by atoms with van der Waals surface area (Å²) in [5, 5.41) is 19.4. The number of halogens is 1. The highest BCUT2D eigenvalue weighted by Crippen LogP contribution is 2.23. The third-order valence-corrected chi connectivity index (χ3v) is 2.55. The summed E-state index contributed by atoms with van der Waals surface area (Å²) in [6.07, 6.45) is 0.283. The topological polar surface area (TPSA) is 92.3 Å². The van der Waals surface area contributed by atoms with Crippen LogP contribution in [0.2, 0.25) is 5.15 Å². The van der Waals surface area contributed by atoms with Crippen molar-refractivity contribution in [3.05, 3.63) is 27.4 Å². The molecule has 19 heavy (non-hydrogen) atoms. The van der Waals surface area contributed by atoms with Gasteiger partial charge in [-0.3, -0.25) is 10.1 Å². The molecule has 0 aromatic carbocycles. The van der Waals surface area contributed by atoms with Crippen LogP contribution in [0, 0.1) is 21.4 Å². The van der Waals surface area contributed by atoms with Gasteiger partial charge in [0, 0.05) is 20.2 Å². The molecule has 0 saturated heterocycles. The Kier molecular flexibility index (Phi) is 5.99. The fourth-order valence-corrected chi connectivity index (χ4v) is 1.66. The summed E-state index contributed by atoms with van der Waals surface area (Å²) in [5.41, 5.74) is -0.130. The Hall–Kier alpha value is -1.91. The second-order valence-corrected chi connectivity index (χ2v) is 4.04. The maximum Gasteiger partial charge on any atom is 0.276 e. The van der Waals surface area contributed by atoms with Crippen LogP contribution in [0.3, 0.4) is 0 Å². The van der Waals surface area contributed by atoms with Crippen molar-refractivity contribution in [2.75, 3.05) is 31.7 Å². The van der Waals surface area contributed by atoms with Crippen molar-refractivity contribution in [2.45, 2.75) is 6.42 Å². The van der Waals surface area contributed by atoms with Crippen molar-refractivity contribution in [3.63, 3.8) is 0 Å². The first-order valence-corrected chi connectivity index (χ1v) is 5.89. The van der Waals surface area contributed by atoms with Crippen molar-refractivity contribution < 1.29 is 9.66 Å². The van der Waals surface area contributed by atoms with Gasteiger partial charge >= 0.3 is 0 Å². The lowest BCUT2D eigenvalue weighted by molar-refractivity contribution is -0.384. The molecule has 0 aliphatic carbocycles. The van der Waals surface area contributed by atoms with E-state index in [1.54, 1.807) is 12.0 Å². The molecule has 0 atom stereocenters. The van der Waals surface area contributed by atoms with E-state index in [9.17, 15) is 10.1 Å². The minimum Gasteiger partial charge on any atom is -0.383 e. The third kappa shape index (κ3) is 4.69. The maximum atomic E-state index is 10.8. The lowest BCUT2D eigenvalue weighted by atomic mass is 10.3. The van der Waals surface area contributed by atoms with E-state index in [4.69, 9.17) is 21.6 Å². The number of nitriles is 1. The van der Waals surface area contributed by atoms with Crippen LogP contribution in [0.5, 0.6) is 0 Å². The van der Waals surface area contributed by atoms with Gasteiger partial charge in [0.15, 0.2) is 0 Å². The summed E-state index contributed by atoms with van der Waals surface area (Å²) in [6.45, 7) is 1.31. The van der Waals surface area contributed by atoms with Crippen LogP contribution < -0.4 is 4.90 Å². The van der Waals surface area contributed by atoms with E-state index in [1.165, 1.54) is 12.1 Å². The average Bonchev–Trinajstić information content (AvgIpc) is 2.38. The number of aromatic nitrogens is 1. The highest BCUT2D eigenvalue weighted by atomic mass is 35.5. The first-order chi connectivity index (χ1) is 9.08. The van der Waals surface area contributed by atoms with Crippen molar-refractivity contribution in [1.82, 2.24) is 4.98 Å². The second kappa shape index (κ2) is 7.51. The molecule has 0 unspecified atom stereocenters. The van der Waals surface area contributed by atoms with Gasteiger partial charge in [0.25, 0.3) is 5.69 Å². The van der Waals surface area contributed by atoms with Gasteiger partial charge in [-0.05, 0) is 0 Å². The molecular weight excluding hydrogens is 272 g/mol. The summed E-state index contributed by atoms with van der Waals surface area (Å²) < 4.78 is 4.96. The van der Waals surface area contributed by atoms with E-state index >= 15 is 0 Å². The molecular formula is C11H13ClN4O3. The molecule has 0 aliphatic heterocycles. The number of nitro groups is 1. The van der Waals surface area contributed by atoms with Gasteiger partial charge in [-0.1, -0.05) is 11.6 Å². The van der Waals surface area contributed by atoms with Crippen molar-refractivity contribution >= 4 is 23.1 Å². The highest BCUT2D eigenvalue weighted by Gasteiger charge is 2.15. The first kappa shape index (κ1) is 15.1. The number of hydrogen-bond donors (Lipinski definition) is 0. The predicted octanol–water partition coefficient (Wildman–Crippen LogP) is 2.01. The first-order valence-electron chi connectivity index (χ1n) is 5.51. The van der Waals surface area contributed by atoms with Crippen molar-refractivity contribution in [2.24, 2.45) is 0 Å². The second-order valence-electron chi connectivity index (χ2n) is 3.65. The van der Waals surface area contributed by atoms with E-state index in [1.807, 2.05) is 6.07 Å². The Morgan fingerprint density at radius 2 is 2.32 bits per heavy atom. The maximum absolute atomic E-state index is 10.8. The Labute approximate surface area is 115 Å². The zero-order chi connectivity index (χ0) is 14.3. The van der Waals surface area contributed by atoms with Crippen LogP contribution in [0.4, 0.5) is 11.5 Å². The summed E-state index contributed by atoms with van der Waals surface area (Å²) in [4.78, 5) is 16.0. The smallest absolute Gasteiger partial charge is 0.276 e. The predicted molar refractivity (Wildman–Crippen MR) is 70.2 cm³/mol. The number of anilines is 1. The van der Waals surface area contributed by atoms with Crippen LogP contribution in [0.15, 0.2) is 12.1 Å². The van der Waals surface area contributed by atoms with Gasteiger partial charge in [0.2, 0.25) is 0 Å². The Morgan fingerprint density at radius 3 is 2.89 bits per heavy atom. The van der Waals surface area contributed by atoms with Gasteiger partial charge in [-0.15, -0.1) is 0 Å². The van der Waals surface area contributed by atoms with Gasteiger partial charge in [0.1, 0.15) is 11.0 Å². The fourth-order valence-electron chi connectivity index (χ4n) is 1.46. The summed E-state index contributed by atoms with van der Waals surface area (Å²) in [7, 11) is 1.55. The molecule has 0 bridgehead atoms. The monoisotopic (exact) mass is 284 g/mol. The third-order valence-electron chi connectivity index (χ3n) is 2.36. The molecule has 1 heterocycles. The minimum atomic E-state index is -0.532. The molecule has 8 heteroatoms. The van der Waals surface area contributed by atoms with E-state index < -0.39 is 4.92 Å². The zero-order valence-corrected chi connectivity index (χ0v) is 11.1. The number of rotatable bonds is 7. The summed E-state index contributed by atoms with van der Waals surface area (Å²) >= 11 is 5.77. The van der Waals surface area contributed by atoms with Gasteiger partial charge in [-0.2, -0.15) is 5.26 Å². The molecule has 1 aromatic rings. The number of ether oxygens (including phenoxy) is 1. The molecule has 0 fully saturated rings. The van der Waals surface area contributed by atoms with Gasteiger partial charge < -0.3 is 9.64 Å². The highest BCUT2D eigenvalue weighted by molar-refractivity contribution is 6.29. The number of nitrogens with zero attached hydrogens (tertiary/aromatic N) is 4. The number of methoxy groups -OCH3 is 1. The Bertz CT molecular complexity index is 489. The lowest BCUT2D eigenvalue weighted by Gasteiger charge is -2.22. The van der Waals surface area contributed by atoms with Crippen LogP contribution in [-0.2, 0) is 4.74 Å².